The number of likely N-dealkylation sites (N-methyl/N-ethyl adjacent to an activating group) is 1. The van der Waals surface area contributed by atoms with Crippen LogP contribution in [0.5, 0.6) is 0 Å². The second kappa shape index (κ2) is 9.00. The number of halogens is 1. The van der Waals surface area contributed by atoms with Crippen molar-refractivity contribution in [1.29, 1.82) is 0 Å². The highest BCUT2D eigenvalue weighted by Gasteiger charge is 2.22. The van der Waals surface area contributed by atoms with Crippen LogP contribution in [0.1, 0.15) is 10.4 Å². The van der Waals surface area contributed by atoms with Crippen LogP contribution in [0.25, 0.3) is 10.2 Å². The van der Waals surface area contributed by atoms with Crippen LogP contribution < -0.4 is 4.90 Å². The molecule has 1 heterocycles. The van der Waals surface area contributed by atoms with E-state index >= 15 is 0 Å². The summed E-state index contributed by atoms with van der Waals surface area (Å²) in [5, 5.41) is 0.604. The summed E-state index contributed by atoms with van der Waals surface area (Å²) < 4.78 is 24.7. The maximum atomic E-state index is 13.2. The molecule has 0 atom stereocenters. The molecule has 0 aliphatic rings. The lowest BCUT2D eigenvalue weighted by molar-refractivity contribution is 0.0985. The van der Waals surface area contributed by atoms with E-state index in [1.165, 1.54) is 23.5 Å². The molecule has 3 rings (SSSR count). The third-order valence-electron chi connectivity index (χ3n) is 4.04. The summed E-state index contributed by atoms with van der Waals surface area (Å²) in [4.78, 5) is 21.5. The SMILES string of the molecule is CN(C)CCN(C(=O)c1cccc(S(C)(=O)=O)c1)c1nc2ccccc2s1.Cl. The topological polar surface area (TPSA) is 70.6 Å². The summed E-state index contributed by atoms with van der Waals surface area (Å²) in [7, 11) is 0.484. The summed E-state index contributed by atoms with van der Waals surface area (Å²) in [6.45, 7) is 1.11. The molecule has 2 aromatic carbocycles. The molecule has 0 saturated heterocycles. The zero-order valence-electron chi connectivity index (χ0n) is 15.8. The molecule has 9 heteroatoms. The number of carbonyl (C=O) groups excluding carboxylic acids is 1. The first-order chi connectivity index (χ1) is 12.8. The third-order valence-corrected chi connectivity index (χ3v) is 6.21. The maximum absolute atomic E-state index is 13.2. The smallest absolute Gasteiger partial charge is 0.260 e. The Labute approximate surface area is 175 Å². The van der Waals surface area contributed by atoms with Crippen molar-refractivity contribution in [2.75, 3.05) is 38.3 Å². The van der Waals surface area contributed by atoms with E-state index in [9.17, 15) is 13.2 Å². The zero-order valence-corrected chi connectivity index (χ0v) is 18.3. The van der Waals surface area contributed by atoms with E-state index in [0.717, 1.165) is 16.5 Å². The van der Waals surface area contributed by atoms with Crippen molar-refractivity contribution in [3.8, 4) is 0 Å². The Morgan fingerprint density at radius 2 is 1.79 bits per heavy atom. The van der Waals surface area contributed by atoms with Crippen LogP contribution in [0.3, 0.4) is 0 Å². The standard InChI is InChI=1S/C19H21N3O3S2.ClH/c1-21(2)11-12-22(19-20-16-9-4-5-10-17(16)26-19)18(23)14-7-6-8-15(13-14)27(3,24)25;/h4-10,13H,11-12H2,1-3H3;1H. The van der Waals surface area contributed by atoms with E-state index in [1.807, 2.05) is 43.3 Å². The Morgan fingerprint density at radius 3 is 2.43 bits per heavy atom. The summed E-state index contributed by atoms with van der Waals surface area (Å²) in [6.07, 6.45) is 1.13. The van der Waals surface area contributed by atoms with Gasteiger partial charge in [0.2, 0.25) is 0 Å². The summed E-state index contributed by atoms with van der Waals surface area (Å²) in [6, 6.07) is 13.9. The lowest BCUT2D eigenvalue weighted by Crippen LogP contribution is -2.36. The fourth-order valence-electron chi connectivity index (χ4n) is 2.58. The molecule has 0 radical (unpaired) electrons. The van der Waals surface area contributed by atoms with Crippen molar-refractivity contribution in [2.45, 2.75) is 4.90 Å². The molecule has 3 aromatic rings. The molecule has 0 unspecified atom stereocenters. The lowest BCUT2D eigenvalue weighted by atomic mass is 10.2. The number of para-hydroxylation sites is 1. The lowest BCUT2D eigenvalue weighted by Gasteiger charge is -2.22. The number of rotatable bonds is 6. The number of benzene rings is 2. The number of hydrogen-bond acceptors (Lipinski definition) is 6. The molecule has 6 nitrogen and oxygen atoms in total. The average molecular weight is 440 g/mol. The Balaban J connectivity index is 0.00000280. The molecule has 0 spiro atoms. The average Bonchev–Trinajstić information content (AvgIpc) is 3.04. The summed E-state index contributed by atoms with van der Waals surface area (Å²) in [5.74, 6) is -0.263. The number of aromatic nitrogens is 1. The fraction of sp³-hybridized carbons (Fsp3) is 0.263. The Kier molecular flexibility index (Phi) is 7.16. The van der Waals surface area contributed by atoms with Crippen molar-refractivity contribution in [1.82, 2.24) is 9.88 Å². The normalized spacial score (nSPS) is 11.4. The van der Waals surface area contributed by atoms with Crippen molar-refractivity contribution in [3.05, 3.63) is 54.1 Å². The van der Waals surface area contributed by atoms with Gasteiger partial charge in [0.05, 0.1) is 15.1 Å². The van der Waals surface area contributed by atoms with E-state index in [4.69, 9.17) is 0 Å². The van der Waals surface area contributed by atoms with E-state index < -0.39 is 9.84 Å². The van der Waals surface area contributed by atoms with Crippen LogP contribution in [-0.4, -0.2) is 57.6 Å². The number of carbonyl (C=O) groups is 1. The first kappa shape index (κ1) is 22.3. The highest BCUT2D eigenvalue weighted by molar-refractivity contribution is 7.90. The van der Waals surface area contributed by atoms with Gasteiger partial charge in [-0.05, 0) is 44.4 Å². The minimum absolute atomic E-state index is 0. The van der Waals surface area contributed by atoms with Gasteiger partial charge in [-0.1, -0.05) is 29.5 Å². The van der Waals surface area contributed by atoms with Crippen LogP contribution in [0.2, 0.25) is 0 Å². The van der Waals surface area contributed by atoms with Gasteiger partial charge in [0.15, 0.2) is 15.0 Å². The number of thiazole rings is 1. The van der Waals surface area contributed by atoms with Gasteiger partial charge in [0.25, 0.3) is 5.91 Å². The number of nitrogens with zero attached hydrogens (tertiary/aromatic N) is 3. The highest BCUT2D eigenvalue weighted by Crippen LogP contribution is 2.29. The van der Waals surface area contributed by atoms with Gasteiger partial charge in [-0.25, -0.2) is 13.4 Å². The molecule has 28 heavy (non-hydrogen) atoms. The maximum Gasteiger partial charge on any atom is 0.260 e. The quantitative estimate of drug-likeness (QED) is 0.589. The van der Waals surface area contributed by atoms with Crippen LogP contribution in [0.15, 0.2) is 53.4 Å². The van der Waals surface area contributed by atoms with Gasteiger partial charge in [-0.15, -0.1) is 12.4 Å². The van der Waals surface area contributed by atoms with Gasteiger partial charge in [0.1, 0.15) is 0 Å². The number of sulfone groups is 1. The van der Waals surface area contributed by atoms with Crippen molar-refractivity contribution in [3.63, 3.8) is 0 Å². The van der Waals surface area contributed by atoms with Gasteiger partial charge in [-0.3, -0.25) is 9.69 Å². The Hall–Kier alpha value is -2.00. The number of fused-ring (bicyclic) bond motifs is 1. The van der Waals surface area contributed by atoms with E-state index in [-0.39, 0.29) is 23.2 Å². The molecule has 0 saturated carbocycles. The molecular formula is C19H22ClN3O3S2. The van der Waals surface area contributed by atoms with E-state index in [0.29, 0.717) is 23.8 Å². The monoisotopic (exact) mass is 439 g/mol. The predicted octanol–water partition coefficient (Wildman–Crippen LogP) is 3.33. The first-order valence-corrected chi connectivity index (χ1v) is 11.1. The molecule has 1 aromatic heterocycles. The minimum atomic E-state index is -3.39. The minimum Gasteiger partial charge on any atom is -0.308 e. The third kappa shape index (κ3) is 5.08. The largest absolute Gasteiger partial charge is 0.308 e. The van der Waals surface area contributed by atoms with Gasteiger partial charge < -0.3 is 4.90 Å². The molecule has 0 aliphatic carbocycles. The second-order valence-electron chi connectivity index (χ2n) is 6.52. The molecule has 150 valence electrons. The first-order valence-electron chi connectivity index (χ1n) is 8.38. The molecule has 0 aliphatic heterocycles. The molecule has 1 amide bonds. The zero-order chi connectivity index (χ0) is 19.6. The number of hydrogen-bond donors (Lipinski definition) is 0. The van der Waals surface area contributed by atoms with Gasteiger partial charge in [0, 0.05) is 24.9 Å². The van der Waals surface area contributed by atoms with E-state index in [1.54, 1.807) is 17.0 Å². The van der Waals surface area contributed by atoms with Gasteiger partial charge >= 0.3 is 0 Å². The van der Waals surface area contributed by atoms with Crippen LogP contribution >= 0.6 is 23.7 Å². The molecule has 0 bridgehead atoms. The molecular weight excluding hydrogens is 418 g/mol. The van der Waals surface area contributed by atoms with Crippen LogP contribution in [0.4, 0.5) is 5.13 Å². The predicted molar refractivity (Wildman–Crippen MR) is 117 cm³/mol. The number of amides is 1. The van der Waals surface area contributed by atoms with Crippen molar-refractivity contribution < 1.29 is 13.2 Å². The van der Waals surface area contributed by atoms with Crippen LogP contribution in [-0.2, 0) is 9.84 Å². The van der Waals surface area contributed by atoms with Gasteiger partial charge in [-0.2, -0.15) is 0 Å². The Morgan fingerprint density at radius 1 is 1.07 bits per heavy atom. The molecule has 0 N–H and O–H groups in total. The van der Waals surface area contributed by atoms with Crippen molar-refractivity contribution in [2.24, 2.45) is 0 Å². The van der Waals surface area contributed by atoms with Crippen molar-refractivity contribution >= 4 is 54.8 Å². The highest BCUT2D eigenvalue weighted by atomic mass is 35.5. The summed E-state index contributed by atoms with van der Waals surface area (Å²) in [5.41, 5.74) is 1.17. The fourth-order valence-corrected chi connectivity index (χ4v) is 4.23. The second-order valence-corrected chi connectivity index (χ2v) is 9.55. The van der Waals surface area contributed by atoms with Crippen LogP contribution in [0, 0.1) is 0 Å². The number of anilines is 1. The Bertz CT molecular complexity index is 1050. The summed E-state index contributed by atoms with van der Waals surface area (Å²) >= 11 is 1.45. The van der Waals surface area contributed by atoms with E-state index in [2.05, 4.69) is 4.98 Å². The molecule has 0 fully saturated rings.